The van der Waals surface area contributed by atoms with E-state index in [1.54, 1.807) is 0 Å². The van der Waals surface area contributed by atoms with Crippen LogP contribution in [0.1, 0.15) is 19.3 Å². The van der Waals surface area contributed by atoms with Gasteiger partial charge in [0, 0.05) is 22.8 Å². The van der Waals surface area contributed by atoms with Crippen LogP contribution in [0.5, 0.6) is 0 Å². The highest BCUT2D eigenvalue weighted by molar-refractivity contribution is 6.12. The zero-order chi connectivity index (χ0) is 13.5. The fourth-order valence-electron chi connectivity index (χ4n) is 3.96. The predicted octanol–water partition coefficient (Wildman–Crippen LogP) is 1.19. The molecule has 2 saturated carbocycles. The second-order valence-electron chi connectivity index (χ2n) is 6.74. The average molecular weight is 295 g/mol. The first-order valence-electron chi connectivity index (χ1n) is 7.95. The minimum atomic E-state index is 0.364. The largest absolute Gasteiger partial charge is 0.378 e. The van der Waals surface area contributed by atoms with Gasteiger partial charge in [-0.25, -0.2) is 0 Å². The molecule has 2 bridgehead atoms. The molecule has 4 rings (SSSR count). The molecular weight excluding hydrogens is 272 g/mol. The van der Waals surface area contributed by atoms with Crippen LogP contribution in [0.15, 0.2) is 0 Å². The van der Waals surface area contributed by atoms with Crippen molar-refractivity contribution in [1.29, 1.82) is 0 Å². The maximum absolute atomic E-state index is 6.22. The van der Waals surface area contributed by atoms with E-state index in [9.17, 15) is 0 Å². The summed E-state index contributed by atoms with van der Waals surface area (Å²) in [5.41, 5.74) is 0.630. The third-order valence-electron chi connectivity index (χ3n) is 5.27. The first-order valence-corrected chi connectivity index (χ1v) is 8.52. The van der Waals surface area contributed by atoms with E-state index in [-0.39, 0.29) is 0 Å². The lowest BCUT2D eigenvalue weighted by atomic mass is 9.86. The van der Waals surface area contributed by atoms with Crippen LogP contribution in [0, 0.1) is 17.8 Å². The van der Waals surface area contributed by atoms with Crippen LogP contribution in [0.2, 0.25) is 5.54 Å². The van der Waals surface area contributed by atoms with Crippen LogP contribution < -0.4 is 0 Å². The van der Waals surface area contributed by atoms with E-state index >= 15 is 0 Å². The van der Waals surface area contributed by atoms with Crippen molar-refractivity contribution in [3.8, 4) is 0 Å². The Balaban J connectivity index is 1.28. The fraction of sp³-hybridized carbons (Fsp3) is 1.00. The number of fused-ring (bicyclic) bond motifs is 2. The fourth-order valence-corrected chi connectivity index (χ4v) is 4.59. The highest BCUT2D eigenvalue weighted by atomic mass is 28.1. The molecule has 0 spiro atoms. The Morgan fingerprint density at radius 1 is 1.05 bits per heavy atom. The first kappa shape index (κ1) is 13.7. The lowest BCUT2D eigenvalue weighted by molar-refractivity contribution is -0.0516. The molecule has 0 aromatic carbocycles. The smallest absolute Gasteiger partial charge is 0.104 e. The molecule has 7 atom stereocenters. The molecule has 4 nitrogen and oxygen atoms in total. The van der Waals surface area contributed by atoms with Crippen molar-refractivity contribution in [1.82, 2.24) is 0 Å². The Kier molecular flexibility index (Phi) is 3.90. The molecule has 20 heavy (non-hydrogen) atoms. The van der Waals surface area contributed by atoms with Gasteiger partial charge in [0.25, 0.3) is 0 Å². The SMILES string of the molecule is [Si]C1CC2CC1C(OCCC1CO1)C2COCC1CO1. The van der Waals surface area contributed by atoms with E-state index in [1.807, 2.05) is 0 Å². The molecule has 111 valence electrons. The number of hydrogen-bond donors (Lipinski definition) is 0. The lowest BCUT2D eigenvalue weighted by Crippen LogP contribution is -2.36. The Morgan fingerprint density at radius 2 is 1.85 bits per heavy atom. The maximum Gasteiger partial charge on any atom is 0.104 e. The van der Waals surface area contributed by atoms with Crippen molar-refractivity contribution < 1.29 is 18.9 Å². The summed E-state index contributed by atoms with van der Waals surface area (Å²) < 4.78 is 22.5. The molecule has 0 amide bonds. The van der Waals surface area contributed by atoms with Gasteiger partial charge in [0.2, 0.25) is 0 Å². The Morgan fingerprint density at radius 3 is 2.60 bits per heavy atom. The van der Waals surface area contributed by atoms with E-state index in [4.69, 9.17) is 18.9 Å². The molecule has 5 heteroatoms. The quantitative estimate of drug-likeness (QED) is 0.498. The summed E-state index contributed by atoms with van der Waals surface area (Å²) in [7, 11) is 3.89. The molecule has 2 heterocycles. The maximum atomic E-state index is 6.22. The number of ether oxygens (including phenoxy) is 4. The van der Waals surface area contributed by atoms with Gasteiger partial charge >= 0.3 is 0 Å². The van der Waals surface area contributed by atoms with Gasteiger partial charge in [-0.15, -0.1) is 0 Å². The summed E-state index contributed by atoms with van der Waals surface area (Å²) in [4.78, 5) is 0. The number of rotatable bonds is 8. The summed E-state index contributed by atoms with van der Waals surface area (Å²) >= 11 is 0. The summed E-state index contributed by atoms with van der Waals surface area (Å²) in [6.45, 7) is 4.23. The van der Waals surface area contributed by atoms with Gasteiger partial charge in [-0.2, -0.15) is 0 Å². The monoisotopic (exact) mass is 295 g/mol. The number of epoxide rings is 2. The van der Waals surface area contributed by atoms with E-state index in [2.05, 4.69) is 10.2 Å². The standard InChI is InChI=1S/C15H23O4Si/c20-14-4-9-3-12(14)15(17-2-1-10-6-18-10)13(9)8-16-5-11-7-19-11/h9-15H,1-8H2. The van der Waals surface area contributed by atoms with Gasteiger partial charge in [0.05, 0.1) is 38.6 Å². The van der Waals surface area contributed by atoms with Crippen molar-refractivity contribution in [2.45, 2.75) is 43.1 Å². The van der Waals surface area contributed by atoms with E-state index in [1.165, 1.54) is 12.8 Å². The van der Waals surface area contributed by atoms with Crippen LogP contribution in [-0.4, -0.2) is 61.6 Å². The third-order valence-corrected chi connectivity index (χ3v) is 5.93. The molecule has 0 aromatic rings. The van der Waals surface area contributed by atoms with Crippen LogP contribution in [-0.2, 0) is 18.9 Å². The second-order valence-corrected chi connectivity index (χ2v) is 7.48. The van der Waals surface area contributed by atoms with Crippen molar-refractivity contribution in [3.63, 3.8) is 0 Å². The Bertz CT molecular complexity index is 345. The third kappa shape index (κ3) is 2.97. The molecular formula is C15H23O4Si. The van der Waals surface area contributed by atoms with Gasteiger partial charge in [-0.05, 0) is 36.6 Å². The minimum absolute atomic E-state index is 0.364. The summed E-state index contributed by atoms with van der Waals surface area (Å²) in [6.07, 6.45) is 4.82. The molecule has 7 unspecified atom stereocenters. The molecule has 2 aliphatic carbocycles. The molecule has 4 fully saturated rings. The number of hydrogen-bond acceptors (Lipinski definition) is 4. The minimum Gasteiger partial charge on any atom is -0.378 e. The summed E-state index contributed by atoms with van der Waals surface area (Å²) in [5.74, 6) is 2.01. The molecule has 4 aliphatic rings. The Labute approximate surface area is 123 Å². The molecule has 0 N–H and O–H groups in total. The van der Waals surface area contributed by atoms with Gasteiger partial charge in [0.15, 0.2) is 0 Å². The molecule has 0 aromatic heterocycles. The molecule has 2 saturated heterocycles. The zero-order valence-electron chi connectivity index (χ0n) is 11.8. The van der Waals surface area contributed by atoms with Crippen LogP contribution >= 0.6 is 0 Å². The van der Waals surface area contributed by atoms with Crippen LogP contribution in [0.3, 0.4) is 0 Å². The first-order chi connectivity index (χ1) is 9.81. The summed E-state index contributed by atoms with van der Waals surface area (Å²) in [5, 5.41) is 0. The van der Waals surface area contributed by atoms with E-state index in [0.29, 0.717) is 35.7 Å². The molecule has 2 aliphatic heterocycles. The van der Waals surface area contributed by atoms with E-state index in [0.717, 1.165) is 45.4 Å². The van der Waals surface area contributed by atoms with E-state index < -0.39 is 0 Å². The second kappa shape index (κ2) is 5.69. The van der Waals surface area contributed by atoms with Crippen molar-refractivity contribution in [2.75, 3.05) is 33.0 Å². The Hall–Kier alpha value is 0.0569. The van der Waals surface area contributed by atoms with Gasteiger partial charge in [-0.3, -0.25) is 0 Å². The van der Waals surface area contributed by atoms with Gasteiger partial charge in [0.1, 0.15) is 6.10 Å². The highest BCUT2D eigenvalue weighted by Gasteiger charge is 2.51. The predicted molar refractivity (Wildman–Crippen MR) is 73.9 cm³/mol. The van der Waals surface area contributed by atoms with Crippen molar-refractivity contribution >= 4 is 10.2 Å². The normalized spacial score (nSPS) is 48.8. The van der Waals surface area contributed by atoms with Crippen molar-refractivity contribution in [3.05, 3.63) is 0 Å². The average Bonchev–Trinajstić information content (AvgIpc) is 3.33. The highest BCUT2D eigenvalue weighted by Crippen LogP contribution is 2.54. The van der Waals surface area contributed by atoms with Gasteiger partial charge < -0.3 is 18.9 Å². The summed E-state index contributed by atoms with van der Waals surface area (Å²) in [6, 6.07) is 0. The van der Waals surface area contributed by atoms with Crippen LogP contribution in [0.25, 0.3) is 0 Å². The van der Waals surface area contributed by atoms with Gasteiger partial charge in [-0.1, -0.05) is 0 Å². The van der Waals surface area contributed by atoms with Crippen molar-refractivity contribution in [2.24, 2.45) is 17.8 Å². The van der Waals surface area contributed by atoms with Crippen LogP contribution in [0.4, 0.5) is 0 Å². The zero-order valence-corrected chi connectivity index (χ0v) is 12.8. The lowest BCUT2D eigenvalue weighted by Gasteiger charge is -2.34. The topological polar surface area (TPSA) is 43.5 Å². The molecule has 3 radical (unpaired) electrons.